The zero-order chi connectivity index (χ0) is 10.7. The third-order valence-corrected chi connectivity index (χ3v) is 1.71. The second-order valence-electron chi connectivity index (χ2n) is 2.46. The molecule has 1 aromatic rings. The Morgan fingerprint density at radius 2 is 2.29 bits per heavy atom. The number of pyridine rings is 1. The zero-order valence-electron chi connectivity index (χ0n) is 7.33. The molecule has 1 aromatic heterocycles. The van der Waals surface area contributed by atoms with Crippen molar-refractivity contribution in [3.8, 4) is 5.75 Å². The number of ether oxygens (including phenoxy) is 1. The van der Waals surface area contributed by atoms with E-state index in [1.165, 1.54) is 7.11 Å². The number of alkyl halides is 2. The zero-order valence-corrected chi connectivity index (χ0v) is 7.33. The smallest absolute Gasteiger partial charge is 0.268 e. The van der Waals surface area contributed by atoms with Crippen LogP contribution >= 0.6 is 0 Å². The first-order chi connectivity index (χ1) is 6.61. The molecular weight excluding hydrogens is 194 g/mol. The number of methoxy groups -OCH3 is 1. The molecule has 0 saturated carbocycles. The Labute approximate surface area is 78.7 Å². The van der Waals surface area contributed by atoms with Gasteiger partial charge in [0, 0.05) is 0 Å². The predicted octanol–water partition coefficient (Wildman–Crippen LogP) is 1.42. The number of aromatic nitrogens is 1. The van der Waals surface area contributed by atoms with Crippen LogP contribution in [0.25, 0.3) is 0 Å². The van der Waals surface area contributed by atoms with Gasteiger partial charge in [-0.1, -0.05) is 0 Å². The molecule has 2 N–H and O–H groups in total. The summed E-state index contributed by atoms with van der Waals surface area (Å²) in [5.74, 6) is -0.368. The molecule has 1 heterocycles. The molecule has 0 atom stereocenters. The largest absolute Gasteiger partial charge is 0.494 e. The molecule has 0 unspecified atom stereocenters. The maximum absolute atomic E-state index is 12.5. The van der Waals surface area contributed by atoms with E-state index in [2.05, 4.69) is 4.98 Å². The van der Waals surface area contributed by atoms with Gasteiger partial charge in [-0.25, -0.2) is 13.8 Å². The highest BCUT2D eigenvalue weighted by Gasteiger charge is 2.20. The summed E-state index contributed by atoms with van der Waals surface area (Å²) in [5, 5.41) is 0. The van der Waals surface area contributed by atoms with Crippen LogP contribution in [0.5, 0.6) is 5.75 Å². The number of aldehydes is 1. The number of hydrogen-bond donors (Lipinski definition) is 1. The van der Waals surface area contributed by atoms with E-state index in [-0.39, 0.29) is 23.4 Å². The first kappa shape index (κ1) is 10.4. The van der Waals surface area contributed by atoms with Crippen molar-refractivity contribution in [1.29, 1.82) is 0 Å². The molecule has 76 valence electrons. The molecule has 0 aliphatic carbocycles. The van der Waals surface area contributed by atoms with Crippen LogP contribution in [0.1, 0.15) is 22.3 Å². The van der Waals surface area contributed by atoms with E-state index in [4.69, 9.17) is 10.5 Å². The van der Waals surface area contributed by atoms with Gasteiger partial charge in [0.05, 0.1) is 24.4 Å². The SMILES string of the molecule is COc1cnc(N)c(C(F)F)c1C=O. The summed E-state index contributed by atoms with van der Waals surface area (Å²) in [7, 11) is 1.26. The lowest BCUT2D eigenvalue weighted by molar-refractivity contribution is 0.110. The average Bonchev–Trinajstić information content (AvgIpc) is 2.16. The normalized spacial score (nSPS) is 10.3. The predicted molar refractivity (Wildman–Crippen MR) is 45.5 cm³/mol. The summed E-state index contributed by atoms with van der Waals surface area (Å²) in [5.41, 5.74) is 4.38. The molecule has 0 fully saturated rings. The first-order valence-corrected chi connectivity index (χ1v) is 3.67. The molecule has 0 spiro atoms. The molecule has 14 heavy (non-hydrogen) atoms. The van der Waals surface area contributed by atoms with Gasteiger partial charge in [-0.2, -0.15) is 0 Å². The molecule has 0 aliphatic heterocycles. The maximum atomic E-state index is 12.5. The molecule has 0 amide bonds. The van der Waals surface area contributed by atoms with Crippen LogP contribution in [0.4, 0.5) is 14.6 Å². The van der Waals surface area contributed by atoms with Gasteiger partial charge in [-0.05, 0) is 0 Å². The van der Waals surface area contributed by atoms with E-state index in [0.717, 1.165) is 6.20 Å². The van der Waals surface area contributed by atoms with Crippen molar-refractivity contribution in [3.05, 3.63) is 17.3 Å². The van der Waals surface area contributed by atoms with Crippen LogP contribution in [0.2, 0.25) is 0 Å². The van der Waals surface area contributed by atoms with Crippen LogP contribution in [0.15, 0.2) is 6.20 Å². The van der Waals surface area contributed by atoms with Crippen LogP contribution in [-0.4, -0.2) is 18.4 Å². The van der Waals surface area contributed by atoms with E-state index in [1.54, 1.807) is 0 Å². The van der Waals surface area contributed by atoms with Crippen molar-refractivity contribution in [2.45, 2.75) is 6.43 Å². The summed E-state index contributed by atoms with van der Waals surface area (Å²) < 4.78 is 29.6. The standard InChI is InChI=1S/C8H8F2N2O2/c1-14-5-2-12-8(11)6(7(9)10)4(5)3-13/h2-3,7H,1H3,(H2,11,12). The fraction of sp³-hybridized carbons (Fsp3) is 0.250. The molecule has 6 heteroatoms. The van der Waals surface area contributed by atoms with Gasteiger partial charge in [0.25, 0.3) is 6.43 Å². The summed E-state index contributed by atoms with van der Waals surface area (Å²) in [4.78, 5) is 14.1. The Morgan fingerprint density at radius 3 is 2.71 bits per heavy atom. The molecule has 4 nitrogen and oxygen atoms in total. The van der Waals surface area contributed by atoms with Gasteiger partial charge in [0.15, 0.2) is 6.29 Å². The third kappa shape index (κ3) is 1.63. The average molecular weight is 202 g/mol. The minimum atomic E-state index is -2.85. The van der Waals surface area contributed by atoms with Crippen molar-refractivity contribution < 1.29 is 18.3 Å². The minimum absolute atomic E-state index is 0.00972. The minimum Gasteiger partial charge on any atom is -0.494 e. The van der Waals surface area contributed by atoms with Crippen LogP contribution < -0.4 is 10.5 Å². The molecule has 0 radical (unpaired) electrons. The van der Waals surface area contributed by atoms with E-state index < -0.39 is 12.0 Å². The molecular formula is C8H8F2N2O2. The van der Waals surface area contributed by atoms with Gasteiger partial charge in [-0.15, -0.1) is 0 Å². The van der Waals surface area contributed by atoms with Crippen molar-refractivity contribution in [2.75, 3.05) is 12.8 Å². The van der Waals surface area contributed by atoms with E-state index in [0.29, 0.717) is 0 Å². The first-order valence-electron chi connectivity index (χ1n) is 3.67. The highest BCUT2D eigenvalue weighted by atomic mass is 19.3. The van der Waals surface area contributed by atoms with Gasteiger partial charge >= 0.3 is 0 Å². The molecule has 0 aromatic carbocycles. The Kier molecular flexibility index (Phi) is 2.95. The number of carbonyl (C=O) groups is 1. The highest BCUT2D eigenvalue weighted by Crippen LogP contribution is 2.31. The van der Waals surface area contributed by atoms with Gasteiger partial charge in [0.2, 0.25) is 0 Å². The number of halogens is 2. The lowest BCUT2D eigenvalue weighted by Gasteiger charge is -2.09. The molecule has 1 rings (SSSR count). The second-order valence-corrected chi connectivity index (χ2v) is 2.46. The van der Waals surface area contributed by atoms with Crippen molar-refractivity contribution in [2.24, 2.45) is 0 Å². The summed E-state index contributed by atoms with van der Waals surface area (Å²) in [6, 6.07) is 0. The number of nitrogen functional groups attached to an aromatic ring is 1. The maximum Gasteiger partial charge on any atom is 0.268 e. The van der Waals surface area contributed by atoms with Crippen molar-refractivity contribution in [1.82, 2.24) is 4.98 Å². The number of nitrogens with two attached hydrogens (primary N) is 1. The quantitative estimate of drug-likeness (QED) is 0.753. The summed E-state index contributed by atoms with van der Waals surface area (Å²) in [6.07, 6.45) is -1.44. The molecule has 0 saturated heterocycles. The number of rotatable bonds is 3. The van der Waals surface area contributed by atoms with Gasteiger partial charge in [0.1, 0.15) is 11.6 Å². The van der Waals surface area contributed by atoms with E-state index in [1.807, 2.05) is 0 Å². The number of anilines is 1. The van der Waals surface area contributed by atoms with Crippen molar-refractivity contribution in [3.63, 3.8) is 0 Å². The van der Waals surface area contributed by atoms with Crippen LogP contribution in [0.3, 0.4) is 0 Å². The topological polar surface area (TPSA) is 65.2 Å². The Hall–Kier alpha value is -1.72. The Morgan fingerprint density at radius 1 is 1.64 bits per heavy atom. The highest BCUT2D eigenvalue weighted by molar-refractivity contribution is 5.83. The fourth-order valence-corrected chi connectivity index (χ4v) is 1.05. The molecule has 0 aliphatic rings. The van der Waals surface area contributed by atoms with Gasteiger partial charge < -0.3 is 10.5 Å². The van der Waals surface area contributed by atoms with Gasteiger partial charge in [-0.3, -0.25) is 4.79 Å². The van der Waals surface area contributed by atoms with Crippen molar-refractivity contribution >= 4 is 12.1 Å². The van der Waals surface area contributed by atoms with E-state index in [9.17, 15) is 13.6 Å². The van der Waals surface area contributed by atoms with Crippen LogP contribution in [0, 0.1) is 0 Å². The Balaban J connectivity index is 3.42. The third-order valence-electron chi connectivity index (χ3n) is 1.71. The monoisotopic (exact) mass is 202 g/mol. The number of nitrogens with zero attached hydrogens (tertiary/aromatic N) is 1. The fourth-order valence-electron chi connectivity index (χ4n) is 1.05. The molecule has 0 bridgehead atoms. The number of carbonyl (C=O) groups excluding carboxylic acids is 1. The Bertz CT molecular complexity index is 355. The summed E-state index contributed by atoms with van der Waals surface area (Å²) >= 11 is 0. The van der Waals surface area contributed by atoms with Crippen LogP contribution in [-0.2, 0) is 0 Å². The van der Waals surface area contributed by atoms with E-state index >= 15 is 0 Å². The lowest BCUT2D eigenvalue weighted by Crippen LogP contribution is -2.05. The lowest BCUT2D eigenvalue weighted by atomic mass is 10.1. The number of hydrogen-bond acceptors (Lipinski definition) is 4. The summed E-state index contributed by atoms with van der Waals surface area (Å²) in [6.45, 7) is 0. The second kappa shape index (κ2) is 3.99.